The van der Waals surface area contributed by atoms with Gasteiger partial charge in [0, 0.05) is 46.5 Å². The average molecular weight is 492 g/mol. The number of hydrogen-bond acceptors (Lipinski definition) is 6. The van der Waals surface area contributed by atoms with Crippen molar-refractivity contribution in [2.75, 3.05) is 17.6 Å². The number of nitrogens with two attached hydrogens (primary N) is 1. The maximum atomic E-state index is 13.4. The molecule has 2 aromatic carbocycles. The quantitative estimate of drug-likeness (QED) is 0.250. The highest BCUT2D eigenvalue weighted by molar-refractivity contribution is 6.30. The van der Waals surface area contributed by atoms with Gasteiger partial charge in [-0.2, -0.15) is 0 Å². The second-order valence-corrected chi connectivity index (χ2v) is 8.22. The summed E-state index contributed by atoms with van der Waals surface area (Å²) in [5.74, 6) is -0.311. The maximum absolute atomic E-state index is 13.4. The van der Waals surface area contributed by atoms with Gasteiger partial charge in [-0.1, -0.05) is 11.6 Å². The number of halogens is 2. The van der Waals surface area contributed by atoms with Gasteiger partial charge in [0.15, 0.2) is 0 Å². The second kappa shape index (κ2) is 10.8. The van der Waals surface area contributed by atoms with Crippen LogP contribution in [0.5, 0.6) is 5.75 Å². The van der Waals surface area contributed by atoms with Crippen molar-refractivity contribution < 1.29 is 14.3 Å². The molecule has 0 saturated heterocycles. The minimum Gasteiger partial charge on any atom is -0.507 e. The molecule has 178 valence electrons. The third kappa shape index (κ3) is 5.85. The van der Waals surface area contributed by atoms with Crippen LogP contribution in [0.3, 0.4) is 0 Å². The summed E-state index contributed by atoms with van der Waals surface area (Å²) >= 11 is 5.95. The number of rotatable bonds is 8. The number of amides is 1. The first-order chi connectivity index (χ1) is 16.9. The summed E-state index contributed by atoms with van der Waals surface area (Å²) in [4.78, 5) is 20.9. The molecular weight excluding hydrogens is 469 g/mol. The molecule has 4 aromatic rings. The Morgan fingerprint density at radius 1 is 1.06 bits per heavy atom. The van der Waals surface area contributed by atoms with Gasteiger partial charge < -0.3 is 21.5 Å². The molecule has 2 aromatic heterocycles. The lowest BCUT2D eigenvalue weighted by Gasteiger charge is -2.13. The van der Waals surface area contributed by atoms with Crippen LogP contribution in [0.15, 0.2) is 73.1 Å². The van der Waals surface area contributed by atoms with Crippen LogP contribution in [-0.2, 0) is 13.1 Å². The first-order valence-electron chi connectivity index (χ1n) is 10.8. The van der Waals surface area contributed by atoms with Gasteiger partial charge in [0.25, 0.3) is 5.91 Å². The fourth-order valence-corrected chi connectivity index (χ4v) is 3.75. The number of nitrogen functional groups attached to an aromatic ring is 1. The number of pyridine rings is 2. The number of carbonyl (C=O) groups is 1. The highest BCUT2D eigenvalue weighted by Crippen LogP contribution is 2.33. The van der Waals surface area contributed by atoms with E-state index in [0.717, 1.165) is 5.56 Å². The van der Waals surface area contributed by atoms with Gasteiger partial charge in [-0.25, -0.2) is 9.37 Å². The summed E-state index contributed by atoms with van der Waals surface area (Å²) in [6.45, 7) is -0.248. The molecule has 0 atom stereocenters. The molecular formula is C26H23ClFN5O2. The molecule has 0 aliphatic heterocycles. The van der Waals surface area contributed by atoms with Crippen LogP contribution >= 0.6 is 11.6 Å². The molecule has 0 bridgehead atoms. The van der Waals surface area contributed by atoms with E-state index in [4.69, 9.17) is 17.3 Å². The van der Waals surface area contributed by atoms with Gasteiger partial charge in [-0.05, 0) is 72.6 Å². The fourth-order valence-electron chi connectivity index (χ4n) is 3.55. The number of aromatic nitrogens is 2. The Labute approximate surface area is 206 Å². The predicted octanol–water partition coefficient (Wildman–Crippen LogP) is 5.27. The second-order valence-electron chi connectivity index (χ2n) is 7.78. The van der Waals surface area contributed by atoms with Crippen molar-refractivity contribution >= 4 is 34.7 Å². The third-order valence-electron chi connectivity index (χ3n) is 5.38. The molecule has 4 rings (SSSR count). The lowest BCUT2D eigenvalue weighted by molar-refractivity contribution is 0.0955. The zero-order chi connectivity index (χ0) is 24.8. The maximum Gasteiger partial charge on any atom is 0.255 e. The Morgan fingerprint density at radius 2 is 1.86 bits per heavy atom. The molecule has 7 nitrogen and oxygen atoms in total. The number of phenols is 1. The van der Waals surface area contributed by atoms with Gasteiger partial charge in [-0.15, -0.1) is 0 Å². The van der Waals surface area contributed by atoms with Crippen molar-refractivity contribution in [3.8, 4) is 17.0 Å². The Kier molecular flexibility index (Phi) is 7.42. The third-order valence-corrected chi connectivity index (χ3v) is 5.62. The van der Waals surface area contributed by atoms with Crippen molar-refractivity contribution in [2.45, 2.75) is 13.1 Å². The van der Waals surface area contributed by atoms with Gasteiger partial charge in [0.05, 0.1) is 11.3 Å². The van der Waals surface area contributed by atoms with E-state index in [1.54, 1.807) is 54.9 Å². The van der Waals surface area contributed by atoms with Crippen LogP contribution in [0.2, 0.25) is 5.02 Å². The fraction of sp³-hybridized carbons (Fsp3) is 0.115. The van der Waals surface area contributed by atoms with E-state index in [1.807, 2.05) is 12.1 Å². The Balaban J connectivity index is 1.50. The van der Waals surface area contributed by atoms with Gasteiger partial charge in [0.1, 0.15) is 18.2 Å². The van der Waals surface area contributed by atoms with Crippen molar-refractivity contribution in [1.29, 1.82) is 0 Å². The molecule has 0 fully saturated rings. The first-order valence-corrected chi connectivity index (χ1v) is 11.2. The average Bonchev–Trinajstić information content (AvgIpc) is 2.86. The zero-order valence-electron chi connectivity index (χ0n) is 18.6. The van der Waals surface area contributed by atoms with Crippen LogP contribution in [0, 0.1) is 0 Å². The van der Waals surface area contributed by atoms with Crippen LogP contribution in [-0.4, -0.2) is 27.5 Å². The molecule has 2 heterocycles. The summed E-state index contributed by atoms with van der Waals surface area (Å²) in [6.07, 6.45) is 4.06. The monoisotopic (exact) mass is 491 g/mol. The van der Waals surface area contributed by atoms with Crippen LogP contribution < -0.4 is 16.4 Å². The number of alkyl halides is 1. The highest BCUT2D eigenvalue weighted by Gasteiger charge is 2.15. The molecule has 0 spiro atoms. The lowest BCUT2D eigenvalue weighted by atomic mass is 10.1. The highest BCUT2D eigenvalue weighted by atomic mass is 35.5. The van der Waals surface area contributed by atoms with Crippen molar-refractivity contribution in [3.05, 3.63) is 94.8 Å². The molecule has 0 aliphatic carbocycles. The van der Waals surface area contributed by atoms with E-state index < -0.39 is 6.67 Å². The summed E-state index contributed by atoms with van der Waals surface area (Å²) in [7, 11) is 0. The number of benzene rings is 2. The SMILES string of the molecule is Nc1nc(-c2cc(Nc3ccc(Cl)cc3CF)ccc2O)ccc1C(=O)NCCc1ccncc1. The van der Waals surface area contributed by atoms with Crippen LogP contribution in [0.4, 0.5) is 21.6 Å². The Bertz CT molecular complexity index is 1350. The van der Waals surface area contributed by atoms with Crippen LogP contribution in [0.1, 0.15) is 21.5 Å². The Morgan fingerprint density at radius 3 is 2.60 bits per heavy atom. The normalized spacial score (nSPS) is 10.7. The Hall–Kier alpha value is -4.17. The number of nitrogens with one attached hydrogen (secondary N) is 2. The van der Waals surface area contributed by atoms with E-state index in [2.05, 4.69) is 20.6 Å². The van der Waals surface area contributed by atoms with E-state index in [9.17, 15) is 14.3 Å². The van der Waals surface area contributed by atoms with Gasteiger partial charge >= 0.3 is 0 Å². The van der Waals surface area contributed by atoms with Crippen molar-refractivity contribution in [2.24, 2.45) is 0 Å². The molecule has 5 N–H and O–H groups in total. The molecule has 0 unspecified atom stereocenters. The summed E-state index contributed by atoms with van der Waals surface area (Å²) in [6, 6.07) is 16.7. The molecule has 9 heteroatoms. The smallest absolute Gasteiger partial charge is 0.255 e. The van der Waals surface area contributed by atoms with E-state index >= 15 is 0 Å². The predicted molar refractivity (Wildman–Crippen MR) is 136 cm³/mol. The largest absolute Gasteiger partial charge is 0.507 e. The number of carbonyl (C=O) groups excluding carboxylic acids is 1. The molecule has 0 aliphatic rings. The number of nitrogens with zero attached hydrogens (tertiary/aromatic N) is 2. The summed E-state index contributed by atoms with van der Waals surface area (Å²) in [5.41, 5.74) is 9.74. The topological polar surface area (TPSA) is 113 Å². The van der Waals surface area contributed by atoms with Crippen molar-refractivity contribution in [3.63, 3.8) is 0 Å². The number of anilines is 3. The standard InChI is InChI=1S/C26H23ClFN5O2/c27-18-1-4-22(17(13-18)15-28)32-19-2-6-24(34)21(14-19)23-5-3-20(25(29)33-23)26(35)31-12-9-16-7-10-30-11-8-16/h1-8,10-11,13-14,32,34H,9,12,15H2,(H2,29,33)(H,31,35). The molecule has 0 saturated carbocycles. The number of aromatic hydroxyl groups is 1. The summed E-state index contributed by atoms with van der Waals surface area (Å²) in [5, 5.41) is 16.8. The molecule has 0 radical (unpaired) electrons. The first kappa shape index (κ1) is 24.0. The minimum absolute atomic E-state index is 0.0150. The van der Waals surface area contributed by atoms with Gasteiger partial charge in [-0.3, -0.25) is 9.78 Å². The van der Waals surface area contributed by atoms with Crippen molar-refractivity contribution in [1.82, 2.24) is 15.3 Å². The van der Waals surface area contributed by atoms with E-state index in [0.29, 0.717) is 46.2 Å². The number of hydrogen-bond donors (Lipinski definition) is 4. The van der Waals surface area contributed by atoms with E-state index in [-0.39, 0.29) is 23.0 Å². The molecule has 1 amide bonds. The summed E-state index contributed by atoms with van der Waals surface area (Å²) < 4.78 is 13.4. The molecule has 35 heavy (non-hydrogen) atoms. The lowest BCUT2D eigenvalue weighted by Crippen LogP contribution is -2.26. The van der Waals surface area contributed by atoms with Gasteiger partial charge in [0.2, 0.25) is 0 Å². The zero-order valence-corrected chi connectivity index (χ0v) is 19.4. The van der Waals surface area contributed by atoms with Crippen LogP contribution in [0.25, 0.3) is 11.3 Å². The van der Waals surface area contributed by atoms with E-state index in [1.165, 1.54) is 6.07 Å². The minimum atomic E-state index is -0.683. The number of phenolic OH excluding ortho intramolecular Hbond substituents is 1.